The van der Waals surface area contributed by atoms with Gasteiger partial charge < -0.3 is 5.73 Å². The molecule has 1 unspecified atom stereocenters. The zero-order valence-electron chi connectivity index (χ0n) is 8.38. The quantitative estimate of drug-likeness (QED) is 0.631. The summed E-state index contributed by atoms with van der Waals surface area (Å²) in [6, 6.07) is 0.874. The molecule has 0 saturated heterocycles. The van der Waals surface area contributed by atoms with Crippen molar-refractivity contribution < 1.29 is 0 Å². The molecule has 0 saturated carbocycles. The molecule has 1 aliphatic rings. The summed E-state index contributed by atoms with van der Waals surface area (Å²) < 4.78 is 0. The molecule has 2 heteroatoms. The third-order valence-corrected chi connectivity index (χ3v) is 2.52. The molecule has 0 aromatic carbocycles. The minimum atomic E-state index is 0.228. The van der Waals surface area contributed by atoms with E-state index in [9.17, 15) is 0 Å². The SMILES string of the molecule is CC(N)C1=CCCN(C(C)C)C1. The highest BCUT2D eigenvalue weighted by atomic mass is 15.1. The summed E-state index contributed by atoms with van der Waals surface area (Å²) in [5, 5.41) is 0. The van der Waals surface area contributed by atoms with Crippen LogP contribution in [0.25, 0.3) is 0 Å². The Bertz CT molecular complexity index is 171. The van der Waals surface area contributed by atoms with Gasteiger partial charge in [0.2, 0.25) is 0 Å². The molecule has 1 aliphatic heterocycles. The van der Waals surface area contributed by atoms with Crippen LogP contribution in [0, 0.1) is 0 Å². The Morgan fingerprint density at radius 2 is 2.08 bits per heavy atom. The first-order valence-electron chi connectivity index (χ1n) is 4.80. The summed E-state index contributed by atoms with van der Waals surface area (Å²) >= 11 is 0. The van der Waals surface area contributed by atoms with Crippen LogP contribution in [0.3, 0.4) is 0 Å². The number of nitrogens with zero attached hydrogens (tertiary/aromatic N) is 1. The van der Waals surface area contributed by atoms with Crippen molar-refractivity contribution in [2.24, 2.45) is 5.73 Å². The van der Waals surface area contributed by atoms with Gasteiger partial charge in [-0.05, 0) is 32.8 Å². The Morgan fingerprint density at radius 1 is 1.42 bits per heavy atom. The molecular formula is C10H20N2. The lowest BCUT2D eigenvalue weighted by Gasteiger charge is -2.31. The molecule has 1 atom stereocenters. The maximum Gasteiger partial charge on any atom is 0.0237 e. The summed E-state index contributed by atoms with van der Waals surface area (Å²) in [6.07, 6.45) is 3.46. The van der Waals surface area contributed by atoms with Gasteiger partial charge in [-0.15, -0.1) is 0 Å². The maximum atomic E-state index is 5.83. The molecule has 2 nitrogen and oxygen atoms in total. The summed E-state index contributed by atoms with van der Waals surface area (Å²) in [4.78, 5) is 2.47. The number of hydrogen-bond donors (Lipinski definition) is 1. The molecule has 0 amide bonds. The van der Waals surface area contributed by atoms with Crippen LogP contribution >= 0.6 is 0 Å². The Kier molecular flexibility index (Phi) is 3.29. The van der Waals surface area contributed by atoms with Gasteiger partial charge >= 0.3 is 0 Å². The molecule has 0 aliphatic carbocycles. The van der Waals surface area contributed by atoms with E-state index in [4.69, 9.17) is 5.73 Å². The molecule has 0 aromatic rings. The van der Waals surface area contributed by atoms with Gasteiger partial charge in [-0.2, -0.15) is 0 Å². The molecular weight excluding hydrogens is 148 g/mol. The summed E-state index contributed by atoms with van der Waals surface area (Å²) in [7, 11) is 0. The van der Waals surface area contributed by atoms with Crippen LogP contribution in [-0.2, 0) is 0 Å². The second-order valence-corrected chi connectivity index (χ2v) is 3.92. The molecule has 70 valence electrons. The number of hydrogen-bond acceptors (Lipinski definition) is 2. The topological polar surface area (TPSA) is 29.3 Å². The van der Waals surface area contributed by atoms with E-state index in [-0.39, 0.29) is 6.04 Å². The van der Waals surface area contributed by atoms with Gasteiger partial charge in [-0.25, -0.2) is 0 Å². The lowest BCUT2D eigenvalue weighted by Crippen LogP contribution is -2.39. The molecule has 0 bridgehead atoms. The summed E-state index contributed by atoms with van der Waals surface area (Å²) in [5.41, 5.74) is 7.23. The predicted octanol–water partition coefficient (Wildman–Crippen LogP) is 1.37. The van der Waals surface area contributed by atoms with Crippen molar-refractivity contribution in [1.82, 2.24) is 4.90 Å². The fourth-order valence-corrected chi connectivity index (χ4v) is 1.56. The van der Waals surface area contributed by atoms with Crippen LogP contribution in [0.5, 0.6) is 0 Å². The van der Waals surface area contributed by atoms with Crippen LogP contribution in [-0.4, -0.2) is 30.1 Å². The van der Waals surface area contributed by atoms with E-state index in [0.717, 1.165) is 13.0 Å². The van der Waals surface area contributed by atoms with Gasteiger partial charge in [0, 0.05) is 25.2 Å². The van der Waals surface area contributed by atoms with Crippen LogP contribution in [0.2, 0.25) is 0 Å². The molecule has 12 heavy (non-hydrogen) atoms. The molecule has 0 spiro atoms. The first-order valence-corrected chi connectivity index (χ1v) is 4.80. The predicted molar refractivity (Wildman–Crippen MR) is 53.1 cm³/mol. The van der Waals surface area contributed by atoms with Crippen molar-refractivity contribution in [2.45, 2.75) is 39.3 Å². The van der Waals surface area contributed by atoms with Crippen molar-refractivity contribution >= 4 is 0 Å². The van der Waals surface area contributed by atoms with E-state index < -0.39 is 0 Å². The average molecular weight is 168 g/mol. The van der Waals surface area contributed by atoms with Crippen LogP contribution in [0.1, 0.15) is 27.2 Å². The van der Waals surface area contributed by atoms with Gasteiger partial charge in [0.25, 0.3) is 0 Å². The van der Waals surface area contributed by atoms with Crippen molar-refractivity contribution in [3.8, 4) is 0 Å². The van der Waals surface area contributed by atoms with E-state index >= 15 is 0 Å². The average Bonchev–Trinajstić information content (AvgIpc) is 2.04. The van der Waals surface area contributed by atoms with Crippen LogP contribution in [0.4, 0.5) is 0 Å². The van der Waals surface area contributed by atoms with Gasteiger partial charge in [0.15, 0.2) is 0 Å². The van der Waals surface area contributed by atoms with Gasteiger partial charge in [-0.3, -0.25) is 4.90 Å². The first kappa shape index (κ1) is 9.75. The van der Waals surface area contributed by atoms with E-state index in [2.05, 4.69) is 31.7 Å². The molecule has 0 fully saturated rings. The van der Waals surface area contributed by atoms with E-state index in [0.29, 0.717) is 6.04 Å². The zero-order chi connectivity index (χ0) is 9.14. The number of nitrogens with two attached hydrogens (primary N) is 1. The molecule has 0 aromatic heterocycles. The number of rotatable bonds is 2. The fourth-order valence-electron chi connectivity index (χ4n) is 1.56. The maximum absolute atomic E-state index is 5.83. The summed E-state index contributed by atoms with van der Waals surface area (Å²) in [5.74, 6) is 0. The Labute approximate surface area is 75.4 Å². The highest BCUT2D eigenvalue weighted by Crippen LogP contribution is 2.13. The van der Waals surface area contributed by atoms with Crippen LogP contribution < -0.4 is 5.73 Å². The van der Waals surface area contributed by atoms with E-state index in [1.165, 1.54) is 12.1 Å². The minimum Gasteiger partial charge on any atom is -0.324 e. The van der Waals surface area contributed by atoms with Gasteiger partial charge in [0.1, 0.15) is 0 Å². The van der Waals surface area contributed by atoms with E-state index in [1.54, 1.807) is 0 Å². The Morgan fingerprint density at radius 3 is 2.58 bits per heavy atom. The lowest BCUT2D eigenvalue weighted by molar-refractivity contribution is 0.232. The smallest absolute Gasteiger partial charge is 0.0237 e. The largest absolute Gasteiger partial charge is 0.324 e. The molecule has 1 heterocycles. The van der Waals surface area contributed by atoms with Crippen molar-refractivity contribution in [2.75, 3.05) is 13.1 Å². The highest BCUT2D eigenvalue weighted by Gasteiger charge is 2.16. The van der Waals surface area contributed by atoms with E-state index in [1.807, 2.05) is 0 Å². The van der Waals surface area contributed by atoms with Crippen molar-refractivity contribution in [3.63, 3.8) is 0 Å². The first-order chi connectivity index (χ1) is 5.61. The third-order valence-electron chi connectivity index (χ3n) is 2.52. The van der Waals surface area contributed by atoms with Gasteiger partial charge in [-0.1, -0.05) is 6.08 Å². The standard InChI is InChI=1S/C10H20N2/c1-8(2)12-6-4-5-10(7-12)9(3)11/h5,8-9H,4,6-7,11H2,1-3H3. The van der Waals surface area contributed by atoms with Gasteiger partial charge in [0.05, 0.1) is 0 Å². The monoisotopic (exact) mass is 168 g/mol. The Balaban J connectivity index is 2.53. The lowest BCUT2D eigenvalue weighted by atomic mass is 10.0. The normalized spacial score (nSPS) is 22.6. The van der Waals surface area contributed by atoms with Crippen molar-refractivity contribution in [1.29, 1.82) is 0 Å². The molecule has 0 radical (unpaired) electrons. The summed E-state index contributed by atoms with van der Waals surface area (Å²) in [6.45, 7) is 8.80. The minimum absolute atomic E-state index is 0.228. The Hall–Kier alpha value is -0.340. The van der Waals surface area contributed by atoms with Crippen LogP contribution in [0.15, 0.2) is 11.6 Å². The second-order valence-electron chi connectivity index (χ2n) is 3.92. The second kappa shape index (κ2) is 4.06. The third kappa shape index (κ3) is 2.32. The molecule has 2 N–H and O–H groups in total. The fraction of sp³-hybridized carbons (Fsp3) is 0.800. The zero-order valence-corrected chi connectivity index (χ0v) is 8.38. The highest BCUT2D eigenvalue weighted by molar-refractivity contribution is 5.13. The molecule has 1 rings (SSSR count). The van der Waals surface area contributed by atoms with Crippen molar-refractivity contribution in [3.05, 3.63) is 11.6 Å².